The molecule has 0 heterocycles. The maximum Gasteiger partial charge on any atom is 0.0635 e. The molecule has 0 aliphatic heterocycles. The Kier molecular flexibility index (Phi) is 5.10. The van der Waals surface area contributed by atoms with Gasteiger partial charge in [0.25, 0.3) is 0 Å². The zero-order chi connectivity index (χ0) is 12.0. The van der Waals surface area contributed by atoms with Crippen molar-refractivity contribution in [1.82, 2.24) is 4.90 Å². The first-order valence-corrected chi connectivity index (χ1v) is 5.68. The predicted molar refractivity (Wildman–Crippen MR) is 67.0 cm³/mol. The molecule has 3 nitrogen and oxygen atoms in total. The molecule has 0 fully saturated rings. The van der Waals surface area contributed by atoms with E-state index in [1.807, 2.05) is 12.1 Å². The fourth-order valence-electron chi connectivity index (χ4n) is 1.51. The second-order valence-electron chi connectivity index (χ2n) is 3.62. The summed E-state index contributed by atoms with van der Waals surface area (Å²) in [6.07, 6.45) is 0.536. The van der Waals surface area contributed by atoms with Crippen molar-refractivity contribution < 1.29 is 0 Å². The van der Waals surface area contributed by atoms with Gasteiger partial charge in [0.15, 0.2) is 0 Å². The van der Waals surface area contributed by atoms with E-state index in [1.54, 1.807) is 6.07 Å². The zero-order valence-corrected chi connectivity index (χ0v) is 10.2. The number of nitrogen functional groups attached to an aromatic ring is 1. The standard InChI is InChI=1S/C12H16ClN3/c1-2-16(7-3-6-14)9-10-8-11(13)4-5-12(10)15/h4-5,8H,2-3,7,9,15H2,1H3. The molecule has 1 rings (SSSR count). The highest BCUT2D eigenvalue weighted by Gasteiger charge is 2.06. The van der Waals surface area contributed by atoms with E-state index in [4.69, 9.17) is 22.6 Å². The number of hydrogen-bond acceptors (Lipinski definition) is 3. The summed E-state index contributed by atoms with van der Waals surface area (Å²) in [5.74, 6) is 0. The van der Waals surface area contributed by atoms with Crippen molar-refractivity contribution >= 4 is 17.3 Å². The molecule has 1 aromatic rings. The highest BCUT2D eigenvalue weighted by molar-refractivity contribution is 6.30. The smallest absolute Gasteiger partial charge is 0.0635 e. The summed E-state index contributed by atoms with van der Waals surface area (Å²) in [5.41, 5.74) is 7.64. The fraction of sp³-hybridized carbons (Fsp3) is 0.417. The Hall–Kier alpha value is -1.24. The fourth-order valence-corrected chi connectivity index (χ4v) is 1.70. The highest BCUT2D eigenvalue weighted by Crippen LogP contribution is 2.19. The predicted octanol–water partition coefficient (Wildman–Crippen LogP) is 2.66. The van der Waals surface area contributed by atoms with Gasteiger partial charge in [-0.1, -0.05) is 18.5 Å². The van der Waals surface area contributed by atoms with Gasteiger partial charge >= 0.3 is 0 Å². The van der Waals surface area contributed by atoms with E-state index in [-0.39, 0.29) is 0 Å². The van der Waals surface area contributed by atoms with Gasteiger partial charge in [0.05, 0.1) is 6.07 Å². The third kappa shape index (κ3) is 3.73. The molecule has 86 valence electrons. The van der Waals surface area contributed by atoms with Crippen molar-refractivity contribution in [3.63, 3.8) is 0 Å². The number of rotatable bonds is 5. The SMILES string of the molecule is CCN(CCC#N)Cc1cc(Cl)ccc1N. The molecule has 0 bridgehead atoms. The lowest BCUT2D eigenvalue weighted by atomic mass is 10.1. The molecule has 0 saturated heterocycles. The van der Waals surface area contributed by atoms with Gasteiger partial charge in [0.1, 0.15) is 0 Å². The van der Waals surface area contributed by atoms with Crippen molar-refractivity contribution in [3.05, 3.63) is 28.8 Å². The second-order valence-corrected chi connectivity index (χ2v) is 4.06. The van der Waals surface area contributed by atoms with Crippen molar-refractivity contribution in [1.29, 1.82) is 5.26 Å². The van der Waals surface area contributed by atoms with Gasteiger partial charge in [-0.25, -0.2) is 0 Å². The van der Waals surface area contributed by atoms with Crippen LogP contribution >= 0.6 is 11.6 Å². The molecule has 0 saturated carbocycles. The van der Waals surface area contributed by atoms with Crippen LogP contribution in [0.1, 0.15) is 18.9 Å². The summed E-state index contributed by atoms with van der Waals surface area (Å²) >= 11 is 5.92. The van der Waals surface area contributed by atoms with Crippen LogP contribution in [0.15, 0.2) is 18.2 Å². The summed E-state index contributed by atoms with van der Waals surface area (Å²) in [6, 6.07) is 7.63. The van der Waals surface area contributed by atoms with Crippen LogP contribution in [0, 0.1) is 11.3 Å². The van der Waals surface area contributed by atoms with E-state index in [9.17, 15) is 0 Å². The third-order valence-corrected chi connectivity index (χ3v) is 2.72. The molecule has 0 aliphatic rings. The lowest BCUT2D eigenvalue weighted by Crippen LogP contribution is -2.24. The molecule has 0 spiro atoms. The van der Waals surface area contributed by atoms with E-state index in [0.717, 1.165) is 30.9 Å². The number of nitrogens with two attached hydrogens (primary N) is 1. The molecule has 4 heteroatoms. The first-order chi connectivity index (χ1) is 7.67. The topological polar surface area (TPSA) is 53.0 Å². The minimum atomic E-state index is 0.536. The Balaban J connectivity index is 2.70. The highest BCUT2D eigenvalue weighted by atomic mass is 35.5. The van der Waals surface area contributed by atoms with Crippen molar-refractivity contribution in [3.8, 4) is 6.07 Å². The molecule has 16 heavy (non-hydrogen) atoms. The Morgan fingerprint density at radius 2 is 2.25 bits per heavy atom. The van der Waals surface area contributed by atoms with Crippen LogP contribution in [0.4, 0.5) is 5.69 Å². The van der Waals surface area contributed by atoms with E-state index < -0.39 is 0 Å². The van der Waals surface area contributed by atoms with Crippen LogP contribution in [-0.2, 0) is 6.54 Å². The molecule has 0 radical (unpaired) electrons. The van der Waals surface area contributed by atoms with Crippen LogP contribution in [0.3, 0.4) is 0 Å². The van der Waals surface area contributed by atoms with Gasteiger partial charge in [0, 0.05) is 30.2 Å². The summed E-state index contributed by atoms with van der Waals surface area (Å²) in [7, 11) is 0. The Bertz CT molecular complexity index is 384. The summed E-state index contributed by atoms with van der Waals surface area (Å²) in [5, 5.41) is 9.25. The van der Waals surface area contributed by atoms with E-state index in [1.165, 1.54) is 0 Å². The van der Waals surface area contributed by atoms with Gasteiger partial charge in [-0.2, -0.15) is 5.26 Å². The lowest BCUT2D eigenvalue weighted by Gasteiger charge is -2.20. The molecule has 1 aromatic carbocycles. The van der Waals surface area contributed by atoms with Gasteiger partial charge in [-0.3, -0.25) is 4.90 Å². The average molecular weight is 238 g/mol. The second kappa shape index (κ2) is 6.37. The number of nitrogens with zero attached hydrogens (tertiary/aromatic N) is 2. The third-order valence-electron chi connectivity index (χ3n) is 2.49. The summed E-state index contributed by atoms with van der Waals surface area (Å²) < 4.78 is 0. The molecule has 0 atom stereocenters. The zero-order valence-electron chi connectivity index (χ0n) is 9.41. The van der Waals surface area contributed by atoms with E-state index in [0.29, 0.717) is 11.4 Å². The quantitative estimate of drug-likeness (QED) is 0.801. The van der Waals surface area contributed by atoms with Crippen molar-refractivity contribution in [2.24, 2.45) is 0 Å². The molecule has 2 N–H and O–H groups in total. The van der Waals surface area contributed by atoms with Crippen LogP contribution in [0.2, 0.25) is 5.02 Å². The summed E-state index contributed by atoms with van der Waals surface area (Å²) in [6.45, 7) is 4.47. The van der Waals surface area contributed by atoms with Crippen LogP contribution in [0.5, 0.6) is 0 Å². The molecular weight excluding hydrogens is 222 g/mol. The Labute approximate surface area is 101 Å². The number of anilines is 1. The largest absolute Gasteiger partial charge is 0.398 e. The number of hydrogen-bond donors (Lipinski definition) is 1. The maximum atomic E-state index is 8.55. The molecule has 0 aromatic heterocycles. The number of benzene rings is 1. The average Bonchev–Trinajstić information content (AvgIpc) is 2.28. The van der Waals surface area contributed by atoms with Crippen molar-refractivity contribution in [2.45, 2.75) is 19.9 Å². The normalized spacial score (nSPS) is 10.4. The first-order valence-electron chi connectivity index (χ1n) is 5.30. The molecular formula is C12H16ClN3. The van der Waals surface area contributed by atoms with Gasteiger partial charge < -0.3 is 5.73 Å². The van der Waals surface area contributed by atoms with Gasteiger partial charge in [-0.15, -0.1) is 0 Å². The Morgan fingerprint density at radius 1 is 1.50 bits per heavy atom. The maximum absolute atomic E-state index is 8.55. The monoisotopic (exact) mass is 237 g/mol. The lowest BCUT2D eigenvalue weighted by molar-refractivity contribution is 0.287. The van der Waals surface area contributed by atoms with E-state index >= 15 is 0 Å². The van der Waals surface area contributed by atoms with Crippen molar-refractivity contribution in [2.75, 3.05) is 18.8 Å². The van der Waals surface area contributed by atoms with Gasteiger partial charge in [0.2, 0.25) is 0 Å². The molecule has 0 aliphatic carbocycles. The molecule has 0 amide bonds. The van der Waals surface area contributed by atoms with Crippen LogP contribution in [0.25, 0.3) is 0 Å². The van der Waals surface area contributed by atoms with E-state index in [2.05, 4.69) is 17.9 Å². The van der Waals surface area contributed by atoms with Crippen LogP contribution < -0.4 is 5.73 Å². The number of nitriles is 1. The minimum absolute atomic E-state index is 0.536. The van der Waals surface area contributed by atoms with Crippen LogP contribution in [-0.4, -0.2) is 18.0 Å². The molecule has 0 unspecified atom stereocenters. The van der Waals surface area contributed by atoms with Gasteiger partial charge in [-0.05, 0) is 30.3 Å². The first kappa shape index (κ1) is 12.8. The number of halogens is 1. The minimum Gasteiger partial charge on any atom is -0.398 e. The summed E-state index contributed by atoms with van der Waals surface area (Å²) in [4.78, 5) is 2.17. The Morgan fingerprint density at radius 3 is 2.88 bits per heavy atom.